The largest absolute Gasteiger partial charge is 0.480 e. The number of aliphatic carboxylic acids is 1. The molecule has 0 aromatic carbocycles. The molecule has 2 aliphatic carbocycles. The van der Waals surface area contributed by atoms with Crippen molar-refractivity contribution in [2.75, 3.05) is 38.1 Å². The molecule has 222 valence electrons. The van der Waals surface area contributed by atoms with E-state index in [4.69, 9.17) is 21.3 Å². The molecule has 5 rings (SSSR count). The zero-order chi connectivity index (χ0) is 28.8. The van der Waals surface area contributed by atoms with Gasteiger partial charge in [-0.05, 0) is 88.4 Å². The van der Waals surface area contributed by atoms with Crippen LogP contribution in [0.2, 0.25) is 5.15 Å². The molecule has 1 atom stereocenters. The van der Waals surface area contributed by atoms with Gasteiger partial charge in [-0.25, -0.2) is 9.78 Å². The number of carboxylic acids is 1. The number of unbranched alkanes of at least 4 members (excludes halogenated alkanes) is 1. The first kappa shape index (κ1) is 29.5. The number of carboxylic acid groups (broad SMARTS) is 1. The van der Waals surface area contributed by atoms with Crippen molar-refractivity contribution in [1.29, 1.82) is 0 Å². The summed E-state index contributed by atoms with van der Waals surface area (Å²) in [6.07, 6.45) is 8.71. The lowest BCUT2D eigenvalue weighted by Gasteiger charge is -2.26. The normalized spacial score (nSPS) is 17.9. The number of ether oxygens (including phenoxy) is 1. The predicted octanol–water partition coefficient (Wildman–Crippen LogP) is 3.21. The Labute approximate surface area is 245 Å². The molecule has 2 fully saturated rings. The van der Waals surface area contributed by atoms with Crippen LogP contribution in [0, 0.1) is 0 Å². The molecular weight excluding hydrogens is 546 g/mol. The number of pyridine rings is 2. The molecule has 1 aliphatic heterocycles. The van der Waals surface area contributed by atoms with Crippen molar-refractivity contribution >= 4 is 29.3 Å². The van der Waals surface area contributed by atoms with E-state index in [1.807, 2.05) is 0 Å². The molecule has 0 saturated heterocycles. The van der Waals surface area contributed by atoms with Crippen LogP contribution in [0.15, 0.2) is 35.1 Å². The number of rotatable bonds is 16. The van der Waals surface area contributed by atoms with E-state index in [1.165, 1.54) is 22.3 Å². The lowest BCUT2D eigenvalue weighted by atomic mass is 10.1. The highest BCUT2D eigenvalue weighted by molar-refractivity contribution is 6.29. The molecule has 10 nitrogen and oxygen atoms in total. The van der Waals surface area contributed by atoms with Crippen LogP contribution in [-0.4, -0.2) is 76.4 Å². The van der Waals surface area contributed by atoms with E-state index in [-0.39, 0.29) is 17.1 Å². The number of aromatic nitrogens is 2. The highest BCUT2D eigenvalue weighted by Gasteiger charge is 2.53. The fraction of sp³-hybridized carbons (Fsp3) is 0.600. The number of aryl methyl sites for hydroxylation is 2. The van der Waals surface area contributed by atoms with Crippen LogP contribution in [0.1, 0.15) is 62.6 Å². The highest BCUT2D eigenvalue weighted by atomic mass is 35.5. The summed E-state index contributed by atoms with van der Waals surface area (Å²) >= 11 is 6.25. The summed E-state index contributed by atoms with van der Waals surface area (Å²) in [5.74, 6) is -0.556. The summed E-state index contributed by atoms with van der Waals surface area (Å²) < 4.78 is 7.14. The number of hydrogen-bond donors (Lipinski definition) is 3. The standard InChI is InChI=1S/C30H40ClN5O5/c31-25-7-3-8-26(37)36(25)30(14-15-30)29(40)34-24(28(38)39)13-18-35(19-20-41-23-11-12-23)17-2-1-6-22-10-9-21-5-4-16-32-27(21)33-22/h3,7-10,23-24H,1-2,4-6,11-20H2,(H,32,33)(H,34,40)(H,38,39)/t24-/m0/s1. The second-order valence-electron chi connectivity index (χ2n) is 11.4. The zero-order valence-corrected chi connectivity index (χ0v) is 24.2. The van der Waals surface area contributed by atoms with Gasteiger partial charge in [0.05, 0.1) is 12.7 Å². The maximum Gasteiger partial charge on any atom is 0.326 e. The van der Waals surface area contributed by atoms with Crippen molar-refractivity contribution in [2.45, 2.75) is 81.9 Å². The summed E-state index contributed by atoms with van der Waals surface area (Å²) in [6.45, 7) is 3.59. The van der Waals surface area contributed by atoms with Gasteiger partial charge < -0.3 is 25.4 Å². The zero-order valence-electron chi connectivity index (χ0n) is 23.4. The SMILES string of the molecule is O=C(O)[C@H](CCN(CCCCc1ccc2c(n1)NCCC2)CCOC1CC1)NC(=O)C1(n2c(Cl)cccc2=O)CC1. The van der Waals surface area contributed by atoms with Crippen LogP contribution >= 0.6 is 11.6 Å². The molecule has 0 radical (unpaired) electrons. The van der Waals surface area contributed by atoms with Crippen molar-refractivity contribution in [2.24, 2.45) is 0 Å². The Morgan fingerprint density at radius 1 is 1.20 bits per heavy atom. The fourth-order valence-corrected chi connectivity index (χ4v) is 5.80. The molecule has 0 unspecified atom stereocenters. The average molecular weight is 586 g/mol. The Bertz CT molecular complexity index is 1290. The third-order valence-electron chi connectivity index (χ3n) is 8.21. The molecular formula is C30H40ClN5O5. The lowest BCUT2D eigenvalue weighted by molar-refractivity contribution is -0.143. The molecule has 3 N–H and O–H groups in total. The Morgan fingerprint density at radius 2 is 2.02 bits per heavy atom. The molecule has 0 spiro atoms. The quantitative estimate of drug-likeness (QED) is 0.203. The Kier molecular flexibility index (Phi) is 9.62. The molecule has 3 heterocycles. The van der Waals surface area contributed by atoms with E-state index < -0.39 is 23.5 Å². The third kappa shape index (κ3) is 7.67. The van der Waals surface area contributed by atoms with Crippen molar-refractivity contribution in [3.8, 4) is 0 Å². The van der Waals surface area contributed by atoms with Gasteiger partial charge in [-0.3, -0.25) is 14.2 Å². The van der Waals surface area contributed by atoms with Crippen LogP contribution in [-0.2, 0) is 32.7 Å². The summed E-state index contributed by atoms with van der Waals surface area (Å²) in [4.78, 5) is 44.8. The number of nitrogens with zero attached hydrogens (tertiary/aromatic N) is 3. The molecule has 3 aliphatic rings. The van der Waals surface area contributed by atoms with Gasteiger partial charge in [0.1, 0.15) is 22.6 Å². The third-order valence-corrected chi connectivity index (χ3v) is 8.51. The monoisotopic (exact) mass is 585 g/mol. The number of halogens is 1. The summed E-state index contributed by atoms with van der Waals surface area (Å²) in [6, 6.07) is 7.68. The van der Waals surface area contributed by atoms with Crippen molar-refractivity contribution in [3.63, 3.8) is 0 Å². The minimum absolute atomic E-state index is 0.167. The molecule has 2 aromatic heterocycles. The van der Waals surface area contributed by atoms with E-state index in [2.05, 4.69) is 27.7 Å². The maximum absolute atomic E-state index is 13.2. The Balaban J connectivity index is 1.14. The number of fused-ring (bicyclic) bond motifs is 1. The van der Waals surface area contributed by atoms with Crippen LogP contribution in [0.3, 0.4) is 0 Å². The number of carbonyl (C=O) groups is 2. The van der Waals surface area contributed by atoms with Gasteiger partial charge in [0.2, 0.25) is 5.91 Å². The van der Waals surface area contributed by atoms with Crippen molar-refractivity contribution in [1.82, 2.24) is 19.8 Å². The fourth-order valence-electron chi connectivity index (χ4n) is 5.48. The van der Waals surface area contributed by atoms with Gasteiger partial charge in [-0.15, -0.1) is 0 Å². The van der Waals surface area contributed by atoms with Gasteiger partial charge >= 0.3 is 5.97 Å². The van der Waals surface area contributed by atoms with Crippen molar-refractivity contribution < 1.29 is 19.4 Å². The average Bonchev–Trinajstić information content (AvgIpc) is 3.89. The smallest absolute Gasteiger partial charge is 0.326 e. The lowest BCUT2D eigenvalue weighted by Crippen LogP contribution is -2.50. The molecule has 11 heteroatoms. The number of anilines is 1. The van der Waals surface area contributed by atoms with Gasteiger partial charge in [-0.1, -0.05) is 23.7 Å². The van der Waals surface area contributed by atoms with Crippen LogP contribution in [0.5, 0.6) is 0 Å². The van der Waals surface area contributed by atoms with E-state index in [1.54, 1.807) is 6.07 Å². The van der Waals surface area contributed by atoms with Gasteiger partial charge in [-0.2, -0.15) is 0 Å². The molecule has 41 heavy (non-hydrogen) atoms. The second kappa shape index (κ2) is 13.4. The first-order valence-corrected chi connectivity index (χ1v) is 15.2. The molecule has 0 bridgehead atoms. The van der Waals surface area contributed by atoms with E-state index >= 15 is 0 Å². The minimum Gasteiger partial charge on any atom is -0.480 e. The van der Waals surface area contributed by atoms with E-state index in [0.29, 0.717) is 38.6 Å². The summed E-state index contributed by atoms with van der Waals surface area (Å²) in [5.41, 5.74) is 0.873. The number of hydrogen-bond acceptors (Lipinski definition) is 7. The van der Waals surface area contributed by atoms with E-state index in [9.17, 15) is 19.5 Å². The topological polar surface area (TPSA) is 126 Å². The molecule has 1 amide bonds. The highest BCUT2D eigenvalue weighted by Crippen LogP contribution is 2.44. The van der Waals surface area contributed by atoms with Crippen LogP contribution in [0.4, 0.5) is 5.82 Å². The van der Waals surface area contributed by atoms with Gasteiger partial charge in [0.15, 0.2) is 0 Å². The van der Waals surface area contributed by atoms with Crippen LogP contribution < -0.4 is 16.2 Å². The summed E-state index contributed by atoms with van der Waals surface area (Å²) in [5, 5.41) is 16.2. The number of carbonyl (C=O) groups excluding carboxylic acids is 1. The first-order chi connectivity index (χ1) is 19.9. The Morgan fingerprint density at radius 3 is 2.76 bits per heavy atom. The maximum atomic E-state index is 13.2. The first-order valence-electron chi connectivity index (χ1n) is 14.8. The number of nitrogens with one attached hydrogen (secondary N) is 2. The van der Waals surface area contributed by atoms with E-state index in [0.717, 1.165) is 69.5 Å². The van der Waals surface area contributed by atoms with Gasteiger partial charge in [0.25, 0.3) is 5.56 Å². The van der Waals surface area contributed by atoms with Gasteiger partial charge in [0, 0.05) is 31.4 Å². The summed E-state index contributed by atoms with van der Waals surface area (Å²) in [7, 11) is 0. The minimum atomic E-state index is -1.12. The predicted molar refractivity (Wildman–Crippen MR) is 157 cm³/mol. The van der Waals surface area contributed by atoms with Crippen molar-refractivity contribution in [3.05, 3.63) is 57.1 Å². The second-order valence-corrected chi connectivity index (χ2v) is 11.8. The van der Waals surface area contributed by atoms with Crippen LogP contribution in [0.25, 0.3) is 0 Å². The number of amides is 1. The Hall–Kier alpha value is -2.95. The molecule has 2 saturated carbocycles. The molecule has 2 aromatic rings.